The molecule has 0 radical (unpaired) electrons. The van der Waals surface area contributed by atoms with E-state index in [0.29, 0.717) is 28.8 Å². The van der Waals surface area contributed by atoms with Crippen molar-refractivity contribution in [1.82, 2.24) is 20.0 Å². The average molecular weight is 417 g/mol. The van der Waals surface area contributed by atoms with Crippen LogP contribution in [0.3, 0.4) is 0 Å². The van der Waals surface area contributed by atoms with Gasteiger partial charge in [-0.2, -0.15) is 4.98 Å². The zero-order valence-electron chi connectivity index (χ0n) is 15.6. The quantitative estimate of drug-likeness (QED) is 0.632. The summed E-state index contributed by atoms with van der Waals surface area (Å²) in [5.74, 6) is 0.225. The first-order valence-corrected chi connectivity index (χ1v) is 10.2. The molecule has 152 valence electrons. The fraction of sp³-hybridized carbons (Fsp3) is 0.368. The Kier molecular flexibility index (Phi) is 6.23. The number of carbonyl (C=O) groups is 1. The van der Waals surface area contributed by atoms with Crippen LogP contribution in [-0.4, -0.2) is 52.2 Å². The second-order valence-electron chi connectivity index (χ2n) is 6.60. The number of carbonyl (C=O) groups excluding carboxylic acids is 1. The van der Waals surface area contributed by atoms with Crippen LogP contribution in [0, 0.1) is 5.82 Å². The van der Waals surface area contributed by atoms with Crippen molar-refractivity contribution in [2.24, 2.45) is 0 Å². The van der Waals surface area contributed by atoms with Crippen LogP contribution in [-0.2, 0) is 22.5 Å². The number of aryl methyl sites for hydroxylation is 1. The van der Waals surface area contributed by atoms with Crippen LogP contribution in [0.2, 0.25) is 0 Å². The van der Waals surface area contributed by atoms with Gasteiger partial charge in [-0.15, -0.1) is 11.3 Å². The van der Waals surface area contributed by atoms with Gasteiger partial charge in [0.05, 0.1) is 18.9 Å². The highest BCUT2D eigenvalue weighted by Gasteiger charge is 2.14. The monoisotopic (exact) mass is 417 g/mol. The summed E-state index contributed by atoms with van der Waals surface area (Å²) < 4.78 is 23.5. The lowest BCUT2D eigenvalue weighted by atomic mass is 10.2. The van der Waals surface area contributed by atoms with Gasteiger partial charge < -0.3 is 14.6 Å². The smallest absolute Gasteiger partial charge is 0.227 e. The molecule has 0 unspecified atom stereocenters. The van der Waals surface area contributed by atoms with Crippen LogP contribution in [0.5, 0.6) is 0 Å². The third-order valence-corrected chi connectivity index (χ3v) is 5.23. The van der Waals surface area contributed by atoms with E-state index < -0.39 is 0 Å². The van der Waals surface area contributed by atoms with Gasteiger partial charge in [0.15, 0.2) is 5.13 Å². The van der Waals surface area contributed by atoms with Gasteiger partial charge in [0.2, 0.25) is 17.6 Å². The molecule has 10 heteroatoms. The molecule has 0 spiro atoms. The predicted octanol–water partition coefficient (Wildman–Crippen LogP) is 2.74. The molecule has 0 atom stereocenters. The van der Waals surface area contributed by atoms with Crippen molar-refractivity contribution in [1.29, 1.82) is 0 Å². The first-order chi connectivity index (χ1) is 14.2. The molecule has 8 nitrogen and oxygen atoms in total. The number of nitrogens with one attached hydrogen (secondary N) is 1. The fourth-order valence-corrected chi connectivity index (χ4v) is 3.62. The van der Waals surface area contributed by atoms with E-state index in [4.69, 9.17) is 9.26 Å². The maximum atomic E-state index is 13.0. The Hall–Kier alpha value is -2.69. The van der Waals surface area contributed by atoms with Gasteiger partial charge in [-0.3, -0.25) is 9.69 Å². The molecule has 1 saturated heterocycles. The van der Waals surface area contributed by atoms with E-state index in [-0.39, 0.29) is 18.1 Å². The van der Waals surface area contributed by atoms with Crippen molar-refractivity contribution in [3.05, 3.63) is 47.0 Å². The number of hydrogen-bond acceptors (Lipinski definition) is 8. The van der Waals surface area contributed by atoms with E-state index in [2.05, 4.69) is 25.3 Å². The van der Waals surface area contributed by atoms with Gasteiger partial charge in [-0.05, 0) is 24.3 Å². The molecule has 1 aliphatic rings. The summed E-state index contributed by atoms with van der Waals surface area (Å²) in [5, 5.41) is 9.22. The maximum Gasteiger partial charge on any atom is 0.227 e. The molecular formula is C19H20FN5O3S. The van der Waals surface area contributed by atoms with E-state index in [0.717, 1.165) is 38.5 Å². The van der Waals surface area contributed by atoms with Crippen LogP contribution < -0.4 is 5.32 Å². The number of benzene rings is 1. The number of thiazole rings is 1. The average Bonchev–Trinajstić information content (AvgIpc) is 3.37. The summed E-state index contributed by atoms with van der Waals surface area (Å²) in [6.07, 6.45) is 0.509. The van der Waals surface area contributed by atoms with Crippen molar-refractivity contribution in [2.45, 2.75) is 19.4 Å². The molecule has 1 N–H and O–H groups in total. The van der Waals surface area contributed by atoms with E-state index in [1.165, 1.54) is 23.5 Å². The standard InChI is InChI=1S/C19H20FN5O3S/c20-14-3-1-13(2-4-14)18-23-17(28-24-18)6-5-16(26)22-19-21-15(12-29-19)11-25-7-9-27-10-8-25/h1-4,12H,5-11H2,(H,21,22,26). The number of amides is 1. The van der Waals surface area contributed by atoms with Crippen LogP contribution in [0.1, 0.15) is 18.0 Å². The molecule has 29 heavy (non-hydrogen) atoms. The Morgan fingerprint density at radius 2 is 2.00 bits per heavy atom. The lowest BCUT2D eigenvalue weighted by molar-refractivity contribution is -0.116. The largest absolute Gasteiger partial charge is 0.379 e. The zero-order chi connectivity index (χ0) is 20.1. The summed E-state index contributed by atoms with van der Waals surface area (Å²) in [6.45, 7) is 4.02. The Balaban J connectivity index is 1.25. The second-order valence-corrected chi connectivity index (χ2v) is 7.46. The van der Waals surface area contributed by atoms with Crippen molar-refractivity contribution in [2.75, 3.05) is 31.6 Å². The zero-order valence-corrected chi connectivity index (χ0v) is 16.5. The lowest BCUT2D eigenvalue weighted by Gasteiger charge is -2.25. The van der Waals surface area contributed by atoms with Gasteiger partial charge in [0, 0.05) is 43.4 Å². The molecule has 1 aliphatic heterocycles. The van der Waals surface area contributed by atoms with E-state index in [1.807, 2.05) is 5.38 Å². The lowest BCUT2D eigenvalue weighted by Crippen LogP contribution is -2.35. The Bertz CT molecular complexity index is 953. The van der Waals surface area contributed by atoms with Crippen LogP contribution in [0.4, 0.5) is 9.52 Å². The van der Waals surface area contributed by atoms with Crippen molar-refractivity contribution >= 4 is 22.4 Å². The van der Waals surface area contributed by atoms with E-state index in [9.17, 15) is 9.18 Å². The van der Waals surface area contributed by atoms with Crippen molar-refractivity contribution < 1.29 is 18.4 Å². The summed E-state index contributed by atoms with van der Waals surface area (Å²) in [5.41, 5.74) is 1.59. The highest BCUT2D eigenvalue weighted by Crippen LogP contribution is 2.19. The Labute approximate surface area is 170 Å². The maximum absolute atomic E-state index is 13.0. The summed E-state index contributed by atoms with van der Waals surface area (Å²) in [4.78, 5) is 23.2. The Morgan fingerprint density at radius 3 is 2.79 bits per heavy atom. The highest BCUT2D eigenvalue weighted by atomic mass is 32.1. The van der Waals surface area contributed by atoms with Crippen molar-refractivity contribution in [3.63, 3.8) is 0 Å². The molecule has 0 saturated carbocycles. The number of halogens is 1. The van der Waals surface area contributed by atoms with Crippen LogP contribution >= 0.6 is 11.3 Å². The number of aromatic nitrogens is 3. The van der Waals surface area contributed by atoms with Crippen LogP contribution in [0.25, 0.3) is 11.4 Å². The third-order valence-electron chi connectivity index (χ3n) is 4.42. The van der Waals surface area contributed by atoms with Crippen molar-refractivity contribution in [3.8, 4) is 11.4 Å². The fourth-order valence-electron chi connectivity index (χ4n) is 2.90. The minimum Gasteiger partial charge on any atom is -0.379 e. The number of hydrogen-bond donors (Lipinski definition) is 1. The third kappa shape index (κ3) is 5.43. The molecule has 1 amide bonds. The summed E-state index contributed by atoms with van der Waals surface area (Å²) in [6, 6.07) is 5.82. The molecule has 0 aliphatic carbocycles. The normalized spacial score (nSPS) is 14.8. The molecular weight excluding hydrogens is 397 g/mol. The minimum atomic E-state index is -0.329. The number of morpholine rings is 1. The highest BCUT2D eigenvalue weighted by molar-refractivity contribution is 7.13. The first-order valence-electron chi connectivity index (χ1n) is 9.28. The molecule has 1 aromatic carbocycles. The first kappa shape index (κ1) is 19.6. The van der Waals surface area contributed by atoms with Gasteiger partial charge in [0.1, 0.15) is 5.82 Å². The molecule has 0 bridgehead atoms. The second kappa shape index (κ2) is 9.21. The molecule has 3 aromatic rings. The van der Waals surface area contributed by atoms with Crippen LogP contribution in [0.15, 0.2) is 34.2 Å². The number of nitrogens with zero attached hydrogens (tertiary/aromatic N) is 4. The summed E-state index contributed by atoms with van der Waals surface area (Å²) >= 11 is 1.41. The number of ether oxygens (including phenoxy) is 1. The van der Waals surface area contributed by atoms with Gasteiger partial charge in [-0.1, -0.05) is 5.16 Å². The molecule has 1 fully saturated rings. The van der Waals surface area contributed by atoms with E-state index >= 15 is 0 Å². The topological polar surface area (TPSA) is 93.4 Å². The van der Waals surface area contributed by atoms with Gasteiger partial charge in [0.25, 0.3) is 0 Å². The summed E-state index contributed by atoms with van der Waals surface area (Å²) in [7, 11) is 0. The molecule has 3 heterocycles. The van der Waals surface area contributed by atoms with Gasteiger partial charge >= 0.3 is 0 Å². The van der Waals surface area contributed by atoms with E-state index in [1.54, 1.807) is 12.1 Å². The molecule has 4 rings (SSSR count). The van der Waals surface area contributed by atoms with Gasteiger partial charge in [-0.25, -0.2) is 9.37 Å². The Morgan fingerprint density at radius 1 is 1.21 bits per heavy atom. The predicted molar refractivity (Wildman–Crippen MR) is 105 cm³/mol. The SMILES string of the molecule is O=C(CCc1nc(-c2ccc(F)cc2)no1)Nc1nc(CN2CCOCC2)cs1. The minimum absolute atomic E-state index is 0.168. The number of anilines is 1. The molecule has 2 aromatic heterocycles. The number of rotatable bonds is 7.